The van der Waals surface area contributed by atoms with E-state index < -0.39 is 0 Å². The van der Waals surface area contributed by atoms with Gasteiger partial charge >= 0.3 is 0 Å². The maximum Gasteiger partial charge on any atom is 0.0708 e. The Morgan fingerprint density at radius 2 is 1.30 bits per heavy atom. The third-order valence-corrected chi connectivity index (χ3v) is 4.55. The summed E-state index contributed by atoms with van der Waals surface area (Å²) < 4.78 is 1.09. The van der Waals surface area contributed by atoms with Gasteiger partial charge in [-0.25, -0.2) is 0 Å². The van der Waals surface area contributed by atoms with E-state index in [2.05, 4.69) is 93.7 Å². The average molecular weight is 360 g/mol. The molecule has 0 unspecified atom stereocenters. The number of aromatic nitrogens is 1. The predicted octanol–water partition coefficient (Wildman–Crippen LogP) is 6.33. The van der Waals surface area contributed by atoms with E-state index in [0.717, 1.165) is 9.99 Å². The van der Waals surface area contributed by atoms with Gasteiger partial charge in [-0.15, -0.1) is 0 Å². The van der Waals surface area contributed by atoms with Crippen LogP contribution in [0.3, 0.4) is 0 Å². The highest BCUT2D eigenvalue weighted by Crippen LogP contribution is 2.35. The molecule has 0 saturated carbocycles. The molecule has 0 N–H and O–H groups in total. The molecule has 1 aromatic heterocycles. The van der Waals surface area contributed by atoms with Crippen LogP contribution in [-0.4, -0.2) is 4.98 Å². The lowest BCUT2D eigenvalue weighted by atomic mass is 9.93. The first-order chi connectivity index (χ1) is 11.3. The normalized spacial score (nSPS) is 10.8. The number of hydrogen-bond donors (Lipinski definition) is 0. The van der Waals surface area contributed by atoms with Crippen LogP contribution in [0.4, 0.5) is 0 Å². The van der Waals surface area contributed by atoms with Gasteiger partial charge in [0.1, 0.15) is 0 Å². The van der Waals surface area contributed by atoms with E-state index in [-0.39, 0.29) is 0 Å². The van der Waals surface area contributed by atoms with Crippen molar-refractivity contribution >= 4 is 26.8 Å². The van der Waals surface area contributed by atoms with E-state index >= 15 is 0 Å². The van der Waals surface area contributed by atoms with E-state index in [4.69, 9.17) is 0 Å². The second kappa shape index (κ2) is 5.98. The van der Waals surface area contributed by atoms with Crippen LogP contribution in [0.1, 0.15) is 0 Å². The summed E-state index contributed by atoms with van der Waals surface area (Å²) in [5, 5.41) is 1.18. The first kappa shape index (κ1) is 14.2. The molecular weight excluding hydrogens is 346 g/mol. The van der Waals surface area contributed by atoms with Gasteiger partial charge < -0.3 is 0 Å². The number of fused-ring (bicyclic) bond motifs is 1. The average Bonchev–Trinajstić information content (AvgIpc) is 2.62. The SMILES string of the molecule is Brc1ccc(-c2ccccc2-c2ccnc3ccccc23)cc1. The standard InChI is InChI=1S/C21H14BrN/c22-16-11-9-15(10-12-16)17-5-1-2-6-18(17)19-13-14-23-21-8-4-3-7-20(19)21/h1-14H. The number of halogens is 1. The third-order valence-electron chi connectivity index (χ3n) is 4.02. The van der Waals surface area contributed by atoms with Crippen molar-refractivity contribution in [1.82, 2.24) is 4.98 Å². The van der Waals surface area contributed by atoms with Gasteiger partial charge in [-0.3, -0.25) is 4.98 Å². The van der Waals surface area contributed by atoms with Gasteiger partial charge in [0.25, 0.3) is 0 Å². The van der Waals surface area contributed by atoms with Crippen molar-refractivity contribution in [2.24, 2.45) is 0 Å². The molecule has 0 fully saturated rings. The van der Waals surface area contributed by atoms with E-state index in [1.807, 2.05) is 12.3 Å². The lowest BCUT2D eigenvalue weighted by molar-refractivity contribution is 1.41. The van der Waals surface area contributed by atoms with Gasteiger partial charge in [-0.2, -0.15) is 0 Å². The van der Waals surface area contributed by atoms with Crippen LogP contribution in [0.5, 0.6) is 0 Å². The van der Waals surface area contributed by atoms with Gasteiger partial charge in [-0.1, -0.05) is 70.5 Å². The van der Waals surface area contributed by atoms with Crippen molar-refractivity contribution in [3.8, 4) is 22.3 Å². The molecule has 4 rings (SSSR count). The zero-order chi connectivity index (χ0) is 15.6. The largest absolute Gasteiger partial charge is 0.256 e. The molecule has 0 atom stereocenters. The van der Waals surface area contributed by atoms with Crippen molar-refractivity contribution in [3.63, 3.8) is 0 Å². The molecule has 0 spiro atoms. The van der Waals surface area contributed by atoms with Crippen molar-refractivity contribution in [1.29, 1.82) is 0 Å². The predicted molar refractivity (Wildman–Crippen MR) is 100 cm³/mol. The second-order valence-electron chi connectivity index (χ2n) is 5.43. The summed E-state index contributed by atoms with van der Waals surface area (Å²) in [7, 11) is 0. The van der Waals surface area contributed by atoms with Crippen molar-refractivity contribution in [2.75, 3.05) is 0 Å². The molecule has 110 valence electrons. The number of hydrogen-bond acceptors (Lipinski definition) is 1. The maximum atomic E-state index is 4.48. The van der Waals surface area contributed by atoms with E-state index in [0.29, 0.717) is 0 Å². The summed E-state index contributed by atoms with van der Waals surface area (Å²) in [5.41, 5.74) is 5.92. The molecule has 0 aliphatic rings. The van der Waals surface area contributed by atoms with E-state index in [1.54, 1.807) is 0 Å². The Hall–Kier alpha value is -2.45. The molecule has 0 saturated heterocycles. The maximum absolute atomic E-state index is 4.48. The topological polar surface area (TPSA) is 12.9 Å². The van der Waals surface area contributed by atoms with E-state index in [9.17, 15) is 0 Å². The molecule has 1 nitrogen and oxygen atoms in total. The highest BCUT2D eigenvalue weighted by molar-refractivity contribution is 9.10. The first-order valence-corrected chi connectivity index (χ1v) is 8.31. The van der Waals surface area contributed by atoms with Crippen LogP contribution in [-0.2, 0) is 0 Å². The summed E-state index contributed by atoms with van der Waals surface area (Å²) in [5.74, 6) is 0. The second-order valence-corrected chi connectivity index (χ2v) is 6.34. The smallest absolute Gasteiger partial charge is 0.0708 e. The van der Waals surface area contributed by atoms with Crippen LogP contribution in [0, 0.1) is 0 Å². The Morgan fingerprint density at radius 3 is 2.13 bits per heavy atom. The molecule has 2 heteroatoms. The van der Waals surface area contributed by atoms with Crippen LogP contribution < -0.4 is 0 Å². The lowest BCUT2D eigenvalue weighted by Gasteiger charge is -2.12. The van der Waals surface area contributed by atoms with Crippen molar-refractivity contribution < 1.29 is 0 Å². The molecule has 23 heavy (non-hydrogen) atoms. The van der Waals surface area contributed by atoms with Gasteiger partial charge in [-0.05, 0) is 46.5 Å². The van der Waals surface area contributed by atoms with Crippen LogP contribution in [0.2, 0.25) is 0 Å². The molecule has 1 heterocycles. The molecule has 4 aromatic rings. The van der Waals surface area contributed by atoms with Crippen LogP contribution in [0.25, 0.3) is 33.2 Å². The molecule has 0 aliphatic heterocycles. The molecule has 0 radical (unpaired) electrons. The van der Waals surface area contributed by atoms with Gasteiger partial charge in [0.15, 0.2) is 0 Å². The number of para-hydroxylation sites is 1. The molecule has 3 aromatic carbocycles. The zero-order valence-corrected chi connectivity index (χ0v) is 14.0. The number of rotatable bonds is 2. The zero-order valence-electron chi connectivity index (χ0n) is 12.4. The monoisotopic (exact) mass is 359 g/mol. The van der Waals surface area contributed by atoms with Gasteiger partial charge in [0.05, 0.1) is 5.52 Å². The highest BCUT2D eigenvalue weighted by Gasteiger charge is 2.10. The fourth-order valence-electron chi connectivity index (χ4n) is 2.93. The molecule has 0 aliphatic carbocycles. The Morgan fingerprint density at radius 1 is 0.609 bits per heavy atom. The van der Waals surface area contributed by atoms with Crippen LogP contribution >= 0.6 is 15.9 Å². The van der Waals surface area contributed by atoms with Crippen molar-refractivity contribution in [3.05, 3.63) is 89.5 Å². The Balaban J connectivity index is 1.97. The van der Waals surface area contributed by atoms with Crippen LogP contribution in [0.15, 0.2) is 89.5 Å². The summed E-state index contributed by atoms with van der Waals surface area (Å²) in [6, 6.07) is 27.4. The summed E-state index contributed by atoms with van der Waals surface area (Å²) in [6.45, 7) is 0. The number of benzene rings is 3. The van der Waals surface area contributed by atoms with Gasteiger partial charge in [0, 0.05) is 16.1 Å². The number of pyridine rings is 1. The minimum absolute atomic E-state index is 1.02. The minimum atomic E-state index is 1.02. The Kier molecular flexibility index (Phi) is 3.68. The first-order valence-electron chi connectivity index (χ1n) is 7.52. The Labute approximate surface area is 143 Å². The van der Waals surface area contributed by atoms with Gasteiger partial charge in [0.2, 0.25) is 0 Å². The Bertz CT molecular complexity index is 969. The summed E-state index contributed by atoms with van der Waals surface area (Å²) in [4.78, 5) is 4.48. The van der Waals surface area contributed by atoms with E-state index in [1.165, 1.54) is 27.6 Å². The summed E-state index contributed by atoms with van der Waals surface area (Å²) >= 11 is 3.51. The van der Waals surface area contributed by atoms with Crippen molar-refractivity contribution in [2.45, 2.75) is 0 Å². The number of nitrogens with zero attached hydrogens (tertiary/aromatic N) is 1. The molecular formula is C21H14BrN. The third kappa shape index (κ3) is 2.66. The lowest BCUT2D eigenvalue weighted by Crippen LogP contribution is -1.88. The molecule has 0 amide bonds. The highest BCUT2D eigenvalue weighted by atomic mass is 79.9. The summed E-state index contributed by atoms with van der Waals surface area (Å²) in [6.07, 6.45) is 1.88. The molecule has 0 bridgehead atoms. The minimum Gasteiger partial charge on any atom is -0.256 e. The fraction of sp³-hybridized carbons (Fsp3) is 0. The quantitative estimate of drug-likeness (QED) is 0.407. The fourth-order valence-corrected chi connectivity index (χ4v) is 3.19.